The van der Waals surface area contributed by atoms with Crippen LogP contribution in [0.2, 0.25) is 0 Å². The van der Waals surface area contributed by atoms with Gasteiger partial charge >= 0.3 is 0 Å². The van der Waals surface area contributed by atoms with E-state index in [1.54, 1.807) is 0 Å². The van der Waals surface area contributed by atoms with Gasteiger partial charge < -0.3 is 14.8 Å². The van der Waals surface area contributed by atoms with Crippen LogP contribution in [0, 0.1) is 11.7 Å². The van der Waals surface area contributed by atoms with Crippen molar-refractivity contribution in [3.05, 3.63) is 54.3 Å². The minimum absolute atomic E-state index is 0.217. The standard InChI is InChI=1S/C22H25FN4/c23-18-7-5-17(6-8-18)22-25-19-3-1-2-4-21(19)27(22)14-11-24-20-15-26-12-9-16(20)10-13-26/h1-8,16,20,24H,9-15H2/t20-/m1/s1. The van der Waals surface area contributed by atoms with Gasteiger partial charge in [-0.3, -0.25) is 0 Å². The number of hydrogen-bond acceptors (Lipinski definition) is 3. The first-order valence-electron chi connectivity index (χ1n) is 9.95. The van der Waals surface area contributed by atoms with Crippen molar-refractivity contribution in [2.75, 3.05) is 26.2 Å². The molecule has 0 amide bonds. The number of rotatable bonds is 5. The number of nitrogens with zero attached hydrogens (tertiary/aromatic N) is 3. The molecule has 1 atom stereocenters. The maximum absolute atomic E-state index is 13.3. The van der Waals surface area contributed by atoms with Crippen molar-refractivity contribution in [3.63, 3.8) is 0 Å². The monoisotopic (exact) mass is 364 g/mol. The molecule has 27 heavy (non-hydrogen) atoms. The fraction of sp³-hybridized carbons (Fsp3) is 0.409. The Labute approximate surface area is 159 Å². The summed E-state index contributed by atoms with van der Waals surface area (Å²) in [6.07, 6.45) is 2.65. The van der Waals surface area contributed by atoms with E-state index in [9.17, 15) is 4.39 Å². The van der Waals surface area contributed by atoms with Crippen molar-refractivity contribution in [2.24, 2.45) is 5.92 Å². The van der Waals surface area contributed by atoms with E-state index in [-0.39, 0.29) is 5.82 Å². The van der Waals surface area contributed by atoms with Crippen LogP contribution in [0.15, 0.2) is 48.5 Å². The van der Waals surface area contributed by atoms with Gasteiger partial charge in [0, 0.05) is 31.2 Å². The molecule has 0 spiro atoms. The lowest BCUT2D eigenvalue weighted by atomic mass is 9.84. The van der Waals surface area contributed by atoms with Gasteiger partial charge in [0.15, 0.2) is 0 Å². The summed E-state index contributed by atoms with van der Waals surface area (Å²) >= 11 is 0. The van der Waals surface area contributed by atoms with E-state index in [1.807, 2.05) is 24.3 Å². The molecule has 0 aliphatic carbocycles. The van der Waals surface area contributed by atoms with Crippen molar-refractivity contribution in [2.45, 2.75) is 25.4 Å². The first-order chi connectivity index (χ1) is 13.3. The molecule has 0 radical (unpaired) electrons. The average Bonchev–Trinajstić information content (AvgIpc) is 3.08. The van der Waals surface area contributed by atoms with Crippen LogP contribution in [0.4, 0.5) is 4.39 Å². The fourth-order valence-electron chi connectivity index (χ4n) is 4.68. The van der Waals surface area contributed by atoms with Gasteiger partial charge in [-0.15, -0.1) is 0 Å². The zero-order valence-corrected chi connectivity index (χ0v) is 15.4. The largest absolute Gasteiger partial charge is 0.323 e. The summed E-state index contributed by atoms with van der Waals surface area (Å²) in [6.45, 7) is 5.49. The minimum atomic E-state index is -0.217. The highest BCUT2D eigenvalue weighted by Crippen LogP contribution is 2.28. The fourth-order valence-corrected chi connectivity index (χ4v) is 4.68. The molecule has 0 unspecified atom stereocenters. The third-order valence-electron chi connectivity index (χ3n) is 6.16. The van der Waals surface area contributed by atoms with Gasteiger partial charge in [-0.25, -0.2) is 9.37 Å². The predicted molar refractivity (Wildman–Crippen MR) is 106 cm³/mol. The van der Waals surface area contributed by atoms with Gasteiger partial charge in [0.05, 0.1) is 11.0 Å². The number of aromatic nitrogens is 2. The van der Waals surface area contributed by atoms with E-state index >= 15 is 0 Å². The molecule has 2 bridgehead atoms. The highest BCUT2D eigenvalue weighted by molar-refractivity contribution is 5.80. The van der Waals surface area contributed by atoms with Gasteiger partial charge in [-0.1, -0.05) is 12.1 Å². The molecule has 6 rings (SSSR count). The number of imidazole rings is 1. The second-order valence-corrected chi connectivity index (χ2v) is 7.78. The van der Waals surface area contributed by atoms with E-state index in [0.717, 1.165) is 41.4 Å². The van der Waals surface area contributed by atoms with Crippen LogP contribution in [0.5, 0.6) is 0 Å². The minimum Gasteiger partial charge on any atom is -0.323 e. The lowest BCUT2D eigenvalue weighted by Gasteiger charge is -2.45. The number of benzene rings is 2. The van der Waals surface area contributed by atoms with Crippen LogP contribution >= 0.6 is 0 Å². The Morgan fingerprint density at radius 2 is 1.81 bits per heavy atom. The summed E-state index contributed by atoms with van der Waals surface area (Å²) in [5, 5.41) is 3.79. The summed E-state index contributed by atoms with van der Waals surface area (Å²) in [5.41, 5.74) is 3.07. The summed E-state index contributed by atoms with van der Waals surface area (Å²) in [4.78, 5) is 7.40. The molecule has 3 aliphatic rings. The molecule has 140 valence electrons. The number of para-hydroxylation sites is 2. The Morgan fingerprint density at radius 3 is 2.56 bits per heavy atom. The van der Waals surface area contributed by atoms with Crippen LogP contribution in [0.25, 0.3) is 22.4 Å². The van der Waals surface area contributed by atoms with Crippen LogP contribution in [-0.2, 0) is 6.54 Å². The van der Waals surface area contributed by atoms with Gasteiger partial charge in [-0.2, -0.15) is 0 Å². The van der Waals surface area contributed by atoms with Crippen molar-refractivity contribution in [1.82, 2.24) is 19.8 Å². The summed E-state index contributed by atoms with van der Waals surface area (Å²) in [7, 11) is 0. The quantitative estimate of drug-likeness (QED) is 0.752. The first-order valence-corrected chi connectivity index (χ1v) is 9.95. The topological polar surface area (TPSA) is 33.1 Å². The SMILES string of the molecule is Fc1ccc(-c2nc3ccccc3n2CCN[C@@H]2CN3CCC2CC3)cc1. The van der Waals surface area contributed by atoms with Crippen LogP contribution in [0.1, 0.15) is 12.8 Å². The second kappa shape index (κ2) is 7.06. The molecular weight excluding hydrogens is 339 g/mol. The Kier molecular flexibility index (Phi) is 4.42. The zero-order chi connectivity index (χ0) is 18.2. The van der Waals surface area contributed by atoms with Crippen molar-refractivity contribution in [3.8, 4) is 11.4 Å². The van der Waals surface area contributed by atoms with E-state index in [4.69, 9.17) is 4.98 Å². The number of halogens is 1. The highest BCUT2D eigenvalue weighted by atomic mass is 19.1. The molecule has 2 aromatic carbocycles. The molecule has 3 aromatic rings. The van der Waals surface area contributed by atoms with Crippen LogP contribution in [-0.4, -0.2) is 46.7 Å². The van der Waals surface area contributed by atoms with Crippen LogP contribution < -0.4 is 5.32 Å². The van der Waals surface area contributed by atoms with Gasteiger partial charge in [0.1, 0.15) is 11.6 Å². The molecule has 4 nitrogen and oxygen atoms in total. The van der Waals surface area contributed by atoms with Crippen LogP contribution in [0.3, 0.4) is 0 Å². The number of fused-ring (bicyclic) bond motifs is 4. The molecule has 5 heteroatoms. The first kappa shape index (κ1) is 16.9. The van der Waals surface area contributed by atoms with Gasteiger partial charge in [-0.05, 0) is 68.2 Å². The molecule has 4 heterocycles. The van der Waals surface area contributed by atoms with Gasteiger partial charge in [0.25, 0.3) is 0 Å². The second-order valence-electron chi connectivity index (χ2n) is 7.78. The van der Waals surface area contributed by atoms with E-state index in [0.29, 0.717) is 6.04 Å². The molecule has 0 saturated carbocycles. The smallest absolute Gasteiger partial charge is 0.141 e. The lowest BCUT2D eigenvalue weighted by Crippen LogP contribution is -2.56. The molecule has 3 aliphatic heterocycles. The summed E-state index contributed by atoms with van der Waals surface area (Å²) in [5.74, 6) is 1.52. The van der Waals surface area contributed by atoms with E-state index < -0.39 is 0 Å². The zero-order valence-electron chi connectivity index (χ0n) is 15.4. The average molecular weight is 364 g/mol. The Balaban J connectivity index is 1.38. The molecule has 3 saturated heterocycles. The van der Waals surface area contributed by atoms with Crippen molar-refractivity contribution < 1.29 is 4.39 Å². The van der Waals surface area contributed by atoms with Crippen molar-refractivity contribution >= 4 is 11.0 Å². The summed E-state index contributed by atoms with van der Waals surface area (Å²) in [6, 6.07) is 15.5. The normalized spacial score (nSPS) is 24.6. The lowest BCUT2D eigenvalue weighted by molar-refractivity contribution is 0.0725. The summed E-state index contributed by atoms with van der Waals surface area (Å²) < 4.78 is 15.6. The third-order valence-corrected chi connectivity index (χ3v) is 6.16. The maximum Gasteiger partial charge on any atom is 0.141 e. The Morgan fingerprint density at radius 1 is 1.04 bits per heavy atom. The third kappa shape index (κ3) is 3.26. The number of piperidine rings is 3. The number of hydrogen-bond donors (Lipinski definition) is 1. The molecule has 1 N–H and O–H groups in total. The Hall–Kier alpha value is -2.24. The Bertz CT molecular complexity index is 925. The molecule has 3 fully saturated rings. The maximum atomic E-state index is 13.3. The molecule has 1 aromatic heterocycles. The van der Waals surface area contributed by atoms with E-state index in [1.165, 1.54) is 44.6 Å². The number of nitrogens with one attached hydrogen (secondary N) is 1. The predicted octanol–water partition coefficient (Wildman–Crippen LogP) is 3.53. The van der Waals surface area contributed by atoms with Gasteiger partial charge in [0.2, 0.25) is 0 Å². The van der Waals surface area contributed by atoms with E-state index in [2.05, 4.69) is 26.9 Å². The molecular formula is C22H25FN4. The highest BCUT2D eigenvalue weighted by Gasteiger charge is 2.33. The van der Waals surface area contributed by atoms with Crippen molar-refractivity contribution in [1.29, 1.82) is 0 Å².